The Morgan fingerprint density at radius 2 is 0.520 bits per heavy atom. The van der Waals surface area contributed by atoms with E-state index in [4.69, 9.17) is 61.6 Å². The van der Waals surface area contributed by atoms with E-state index in [2.05, 4.69) is 4.98 Å². The van der Waals surface area contributed by atoms with E-state index < -0.39 is 230 Å². The van der Waals surface area contributed by atoms with Gasteiger partial charge in [0.1, 0.15) is 146 Å². The van der Waals surface area contributed by atoms with Crippen molar-refractivity contribution >= 4 is 0 Å². The van der Waals surface area contributed by atoms with Crippen LogP contribution >= 0.6 is 0 Å². The number of pyridine rings is 1. The van der Waals surface area contributed by atoms with Crippen LogP contribution in [-0.2, 0) is 74.8 Å². The lowest BCUT2D eigenvalue weighted by atomic mass is 9.95. The third kappa shape index (κ3) is 12.2. The molecule has 0 aliphatic carbocycles. The molecule has 19 aliphatic rings. The van der Waals surface area contributed by atoms with Crippen LogP contribution in [0.25, 0.3) is 0 Å². The van der Waals surface area contributed by atoms with Gasteiger partial charge < -0.3 is 153 Å². The third-order valence-electron chi connectivity index (χ3n) is 14.1. The molecule has 0 amide bonds. The fourth-order valence-electron chi connectivity index (χ4n) is 9.88. The normalized spacial score (nSPS) is 50.6. The van der Waals surface area contributed by atoms with Gasteiger partial charge in [0, 0.05) is 0 Å². The number of rotatable bonds is 6. The molecule has 1 aromatic rings. The second kappa shape index (κ2) is 25.6. The predicted octanol–water partition coefficient (Wildman–Crippen LogP) is -11.9. The highest BCUT2D eigenvalue weighted by Gasteiger charge is 2.58. The summed E-state index contributed by atoms with van der Waals surface area (Å²) in [5, 5.41) is 197. The molecule has 32 heteroatoms. The standard InChI is InChI=1S/C43H67NO31/c45-4-14-32-20(51)27(58)39(66-14)72-34-16(6-47)68-41(29(60)22(34)53)74-36-18(8-49)70-43(31(62)24(36)55)75-37-19(9-50)69-42(30(61)25(37)56)73-35-17(7-48)67-40(28(59)23(35)54)71-33-15(5-46)65-38(26(57)21(33)52)64-11-13-3-1-2-12(44-13)10-63-32/h1-3,14-43,45-62H,4-11H2/t14-,15-,16-,17-,18-,19-,20-,21-,22-,23-,24-,25-,26-,27-,28-,29-,30-,31-,32-,33-,34-,35-,36-,37-,38-,39-,40-,41-,42-,43-/m1/s1. The Hall–Kier alpha value is -2.09. The van der Waals surface area contributed by atoms with Crippen LogP contribution in [-0.4, -0.2) is 321 Å². The fourth-order valence-corrected chi connectivity index (χ4v) is 9.88. The fraction of sp³-hybridized carbons (Fsp3) is 0.884. The monoisotopic (exact) mass is 1090 g/mol. The van der Waals surface area contributed by atoms with Gasteiger partial charge >= 0.3 is 0 Å². The molecule has 20 rings (SSSR count). The maximum absolute atomic E-state index is 11.3. The zero-order chi connectivity index (χ0) is 54.2. The van der Waals surface area contributed by atoms with Crippen molar-refractivity contribution in [2.45, 2.75) is 197 Å². The van der Waals surface area contributed by atoms with Gasteiger partial charge in [-0.15, -0.1) is 0 Å². The van der Waals surface area contributed by atoms with E-state index in [1.165, 1.54) is 18.2 Å². The molecule has 20 heterocycles. The van der Waals surface area contributed by atoms with Gasteiger partial charge in [-0.1, -0.05) is 6.07 Å². The Kier molecular flexibility index (Phi) is 20.1. The Labute approximate surface area is 424 Å². The molecular weight excluding hydrogens is 1030 g/mol. The molecule has 19 aliphatic heterocycles. The van der Waals surface area contributed by atoms with Crippen molar-refractivity contribution in [3.05, 3.63) is 29.6 Å². The van der Waals surface area contributed by atoms with Crippen LogP contribution in [0.3, 0.4) is 0 Å². The second-order valence-corrected chi connectivity index (χ2v) is 19.0. The molecule has 0 aromatic carbocycles. The Balaban J connectivity index is 1.05. The number of aliphatic hydroxyl groups excluding tert-OH is 18. The van der Waals surface area contributed by atoms with Crippen molar-refractivity contribution in [3.63, 3.8) is 0 Å². The minimum atomic E-state index is -2.17. The van der Waals surface area contributed by atoms with E-state index in [-0.39, 0.29) is 18.0 Å². The number of hydrogen-bond acceptors (Lipinski definition) is 32. The van der Waals surface area contributed by atoms with E-state index in [1.807, 2.05) is 0 Å². The maximum Gasteiger partial charge on any atom is 0.187 e. The molecule has 32 nitrogen and oxygen atoms in total. The van der Waals surface area contributed by atoms with Crippen molar-refractivity contribution < 1.29 is 153 Å². The lowest BCUT2D eigenvalue weighted by molar-refractivity contribution is -0.396. The van der Waals surface area contributed by atoms with Crippen molar-refractivity contribution in [2.75, 3.05) is 39.6 Å². The van der Waals surface area contributed by atoms with Gasteiger partial charge in [0.2, 0.25) is 0 Å². The highest BCUT2D eigenvalue weighted by Crippen LogP contribution is 2.37. The van der Waals surface area contributed by atoms with Crippen molar-refractivity contribution in [2.24, 2.45) is 0 Å². The number of nitrogens with zero attached hydrogens (tertiary/aromatic N) is 1. The first-order valence-electron chi connectivity index (χ1n) is 24.1. The SMILES string of the molecule is OC[C@H]1O[C@@H]2O[C@H]3[C@H](O)[C@@H](O)[C@@H](O[C@H]4[C@H](O)[C@@H](O)[C@@H](O[C@H]5[C@H](O)[C@@H](O)[C@@H](O[C@H]6[C@H](O)[C@@H](O)[C@@H](O[C@H]7[C@H](O)[C@@H](O)[C@H](OCc8cccc(n8)CO[C@H]1[C@H](O)[C@H]2O)O[C@@H]7CO)O[C@@H]6CO)O[C@@H]5CO)O[C@@H]4CO)O[C@@H]3CO. The lowest BCUT2D eigenvalue weighted by Gasteiger charge is -2.50. The average Bonchev–Trinajstić information content (AvgIpc) is 3.41. The molecule has 18 N–H and O–H groups in total. The highest BCUT2D eigenvalue weighted by atomic mass is 16.8. The summed E-state index contributed by atoms with van der Waals surface area (Å²) in [4.78, 5) is 4.40. The van der Waals surface area contributed by atoms with E-state index >= 15 is 0 Å². The minimum Gasteiger partial charge on any atom is -0.394 e. The largest absolute Gasteiger partial charge is 0.394 e. The van der Waals surface area contributed by atoms with Crippen LogP contribution < -0.4 is 0 Å². The molecule has 75 heavy (non-hydrogen) atoms. The zero-order valence-corrected chi connectivity index (χ0v) is 39.5. The number of aromatic nitrogens is 1. The highest BCUT2D eigenvalue weighted by molar-refractivity contribution is 5.11. The zero-order valence-electron chi connectivity index (χ0n) is 39.5. The maximum atomic E-state index is 11.3. The summed E-state index contributed by atoms with van der Waals surface area (Å²) < 4.78 is 74.4. The predicted molar refractivity (Wildman–Crippen MR) is 229 cm³/mol. The van der Waals surface area contributed by atoms with E-state index in [1.54, 1.807) is 0 Å². The van der Waals surface area contributed by atoms with Crippen molar-refractivity contribution in [3.8, 4) is 0 Å². The van der Waals surface area contributed by atoms with Gasteiger partial charge in [-0.2, -0.15) is 0 Å². The number of aliphatic hydroxyl groups is 18. The second-order valence-electron chi connectivity index (χ2n) is 19.0. The van der Waals surface area contributed by atoms with E-state index in [0.29, 0.717) is 0 Å². The Bertz CT molecular complexity index is 1920. The smallest absolute Gasteiger partial charge is 0.187 e. The van der Waals surface area contributed by atoms with E-state index in [0.717, 1.165) is 0 Å². The average molecular weight is 1090 g/mol. The van der Waals surface area contributed by atoms with Crippen LogP contribution in [0, 0.1) is 0 Å². The quantitative estimate of drug-likeness (QED) is 0.126. The molecule has 1 aromatic heterocycles. The van der Waals surface area contributed by atoms with Crippen LogP contribution in [0.4, 0.5) is 0 Å². The number of hydrogen-bond donors (Lipinski definition) is 18. The molecular formula is C43H67NO31. The first-order chi connectivity index (χ1) is 35.9. The summed E-state index contributed by atoms with van der Waals surface area (Å²) in [6.45, 7) is -6.46. The minimum absolute atomic E-state index is 0.195. The van der Waals surface area contributed by atoms with Gasteiger partial charge in [0.15, 0.2) is 37.7 Å². The molecule has 430 valence electrons. The topological polar surface area (TPSA) is 497 Å². The third-order valence-corrected chi connectivity index (χ3v) is 14.1. The Morgan fingerprint density at radius 1 is 0.293 bits per heavy atom. The molecule has 6 saturated heterocycles. The van der Waals surface area contributed by atoms with Gasteiger partial charge in [0.05, 0.1) is 64.2 Å². The summed E-state index contributed by atoms with van der Waals surface area (Å²) in [5.74, 6) is 0. The van der Waals surface area contributed by atoms with Crippen LogP contribution in [0.5, 0.6) is 0 Å². The lowest BCUT2D eigenvalue weighted by Crippen LogP contribution is -2.68. The summed E-state index contributed by atoms with van der Waals surface area (Å²) in [5.41, 5.74) is 0.396. The summed E-state index contributed by atoms with van der Waals surface area (Å²) in [6, 6.07) is 4.53. The Morgan fingerprint density at radius 3 is 0.800 bits per heavy atom. The first-order valence-corrected chi connectivity index (χ1v) is 24.1. The van der Waals surface area contributed by atoms with Gasteiger partial charge in [-0.05, 0) is 12.1 Å². The summed E-state index contributed by atoms with van der Waals surface area (Å²) in [7, 11) is 0. The molecule has 0 spiro atoms. The molecule has 0 saturated carbocycles. The molecule has 0 radical (unpaired) electrons. The van der Waals surface area contributed by atoms with Crippen LogP contribution in [0.2, 0.25) is 0 Å². The number of ether oxygens (including phenoxy) is 13. The molecule has 14 bridgehead atoms. The summed E-state index contributed by atoms with van der Waals surface area (Å²) >= 11 is 0. The van der Waals surface area contributed by atoms with Gasteiger partial charge in [-0.3, -0.25) is 4.98 Å². The van der Waals surface area contributed by atoms with Gasteiger partial charge in [0.25, 0.3) is 0 Å². The molecule has 6 fully saturated rings. The summed E-state index contributed by atoms with van der Waals surface area (Å²) in [6.07, 6.45) is -56.2. The van der Waals surface area contributed by atoms with Crippen LogP contribution in [0.15, 0.2) is 18.2 Å². The molecule has 30 atom stereocenters. The molecule has 0 unspecified atom stereocenters. The van der Waals surface area contributed by atoms with Crippen LogP contribution in [0.1, 0.15) is 11.4 Å². The van der Waals surface area contributed by atoms with Crippen molar-refractivity contribution in [1.82, 2.24) is 4.98 Å². The van der Waals surface area contributed by atoms with Crippen molar-refractivity contribution in [1.29, 1.82) is 0 Å². The van der Waals surface area contributed by atoms with E-state index in [9.17, 15) is 91.9 Å². The van der Waals surface area contributed by atoms with Gasteiger partial charge in [-0.25, -0.2) is 0 Å². The first kappa shape index (κ1) is 59.0.